The summed E-state index contributed by atoms with van der Waals surface area (Å²) in [5.74, 6) is 0.656. The van der Waals surface area contributed by atoms with E-state index in [-0.39, 0.29) is 23.9 Å². The largest absolute Gasteiger partial charge is 0.487 e. The molecule has 9 heteroatoms. The molecule has 1 aliphatic rings. The molecule has 4 aromatic rings. The van der Waals surface area contributed by atoms with E-state index in [0.717, 1.165) is 15.0 Å². The maximum Gasteiger partial charge on any atom is 0.241 e. The molecular weight excluding hydrogens is 482 g/mol. The third-order valence-electron chi connectivity index (χ3n) is 5.31. The monoisotopic (exact) mass is 501 g/mol. The van der Waals surface area contributed by atoms with Gasteiger partial charge in [-0.25, -0.2) is 8.42 Å². The van der Waals surface area contributed by atoms with E-state index in [9.17, 15) is 13.5 Å². The summed E-state index contributed by atoms with van der Waals surface area (Å²) < 4.78 is 41.8. The quantitative estimate of drug-likeness (QED) is 0.412. The van der Waals surface area contributed by atoms with Gasteiger partial charge in [0.15, 0.2) is 11.5 Å². The predicted octanol–water partition coefficient (Wildman–Crippen LogP) is 4.75. The van der Waals surface area contributed by atoms with Crippen molar-refractivity contribution in [3.63, 3.8) is 0 Å². The van der Waals surface area contributed by atoms with E-state index in [2.05, 4.69) is 4.72 Å². The molecule has 0 amide bonds. The van der Waals surface area contributed by atoms with Crippen molar-refractivity contribution in [3.8, 4) is 11.5 Å². The number of ether oxygens (including phenoxy) is 2. The Hall–Kier alpha value is -2.62. The predicted molar refractivity (Wildman–Crippen MR) is 129 cm³/mol. The maximum absolute atomic E-state index is 13.5. The average Bonchev–Trinajstić information content (AvgIpc) is 3.15. The van der Waals surface area contributed by atoms with Crippen LogP contribution in [0.5, 0.6) is 11.5 Å². The molecule has 0 bridgehead atoms. The summed E-state index contributed by atoms with van der Waals surface area (Å²) in [6.45, 7) is 0.103. The molecule has 2 atom stereocenters. The van der Waals surface area contributed by atoms with Gasteiger partial charge in [0.2, 0.25) is 10.0 Å². The average molecular weight is 502 g/mol. The number of thiophene rings is 1. The van der Waals surface area contributed by atoms with Crippen LogP contribution in [0.3, 0.4) is 0 Å². The lowest BCUT2D eigenvalue weighted by Crippen LogP contribution is -2.29. The van der Waals surface area contributed by atoms with Gasteiger partial charge in [-0.05, 0) is 41.3 Å². The van der Waals surface area contributed by atoms with Gasteiger partial charge in [-0.3, -0.25) is 0 Å². The summed E-state index contributed by atoms with van der Waals surface area (Å²) >= 11 is 7.99. The van der Waals surface area contributed by atoms with Crippen LogP contribution in [0.1, 0.15) is 16.5 Å². The van der Waals surface area contributed by atoms with Gasteiger partial charge in [0.05, 0.1) is 10.9 Å². The van der Waals surface area contributed by atoms with E-state index in [1.54, 1.807) is 12.1 Å². The summed E-state index contributed by atoms with van der Waals surface area (Å²) in [6, 6.07) is 20.8. The Morgan fingerprint density at radius 3 is 2.48 bits per heavy atom. The summed E-state index contributed by atoms with van der Waals surface area (Å²) in [4.78, 5) is 0.852. The molecule has 1 aromatic heterocycles. The molecule has 0 fully saturated rings. The molecule has 2 N–H and O–H groups in total. The fraction of sp³-hybridized carbons (Fsp3) is 0.167. The van der Waals surface area contributed by atoms with E-state index in [1.807, 2.05) is 42.5 Å². The third-order valence-corrected chi connectivity index (χ3v) is 8.25. The van der Waals surface area contributed by atoms with Crippen molar-refractivity contribution in [2.75, 3.05) is 13.2 Å². The Bertz CT molecular complexity index is 1390. The highest BCUT2D eigenvalue weighted by Crippen LogP contribution is 2.37. The molecule has 33 heavy (non-hydrogen) atoms. The highest BCUT2D eigenvalue weighted by Gasteiger charge is 2.27. The van der Waals surface area contributed by atoms with Gasteiger partial charge < -0.3 is 14.6 Å². The Labute approximate surface area is 200 Å². The highest BCUT2D eigenvalue weighted by molar-refractivity contribution is 7.89. The fourth-order valence-corrected chi connectivity index (χ4v) is 6.32. The number of sulfonamides is 1. The summed E-state index contributed by atoms with van der Waals surface area (Å²) in [6.07, 6.45) is -0.784. The van der Waals surface area contributed by atoms with Crippen molar-refractivity contribution in [1.29, 1.82) is 0 Å². The molecular formula is C24H20ClNO5S2. The first-order valence-electron chi connectivity index (χ1n) is 10.2. The van der Waals surface area contributed by atoms with Crippen molar-refractivity contribution in [3.05, 3.63) is 88.3 Å². The first kappa shape index (κ1) is 22.2. The second-order valence-corrected chi connectivity index (χ2v) is 10.9. The van der Waals surface area contributed by atoms with Gasteiger partial charge in [-0.1, -0.05) is 48.0 Å². The van der Waals surface area contributed by atoms with Crippen LogP contribution in [0.25, 0.3) is 10.1 Å². The van der Waals surface area contributed by atoms with Crippen molar-refractivity contribution >= 4 is 43.0 Å². The van der Waals surface area contributed by atoms with Crippen molar-refractivity contribution in [2.24, 2.45) is 0 Å². The molecule has 1 aliphatic heterocycles. The molecule has 2 heterocycles. The molecule has 0 spiro atoms. The van der Waals surface area contributed by atoms with Crippen LogP contribution >= 0.6 is 22.9 Å². The summed E-state index contributed by atoms with van der Waals surface area (Å²) in [5, 5.41) is 11.3. The zero-order valence-electron chi connectivity index (χ0n) is 17.3. The summed E-state index contributed by atoms with van der Waals surface area (Å²) in [7, 11) is -3.97. The molecule has 6 nitrogen and oxygen atoms in total. The number of hydrogen-bond donors (Lipinski definition) is 2. The molecule has 0 unspecified atom stereocenters. The lowest BCUT2D eigenvalue weighted by molar-refractivity contribution is 0.0801. The molecule has 5 rings (SSSR count). The minimum atomic E-state index is -3.97. The number of rotatable bonds is 5. The Kier molecular flexibility index (Phi) is 6.03. The number of nitrogens with one attached hydrogen (secondary N) is 1. The Morgan fingerprint density at radius 1 is 0.970 bits per heavy atom. The molecule has 0 saturated heterocycles. The lowest BCUT2D eigenvalue weighted by Gasteiger charge is -2.20. The SMILES string of the molecule is O=S(=O)(N[C@@H](c1cc2ccccc2s1)c1ccccc1Cl)c1ccc2c(c1)OC[C@H](O)CO2. The number of fused-ring (bicyclic) bond motifs is 2. The van der Waals surface area contributed by atoms with Gasteiger partial charge in [0.1, 0.15) is 19.3 Å². The van der Waals surface area contributed by atoms with Crippen molar-refractivity contribution < 1.29 is 23.0 Å². The van der Waals surface area contributed by atoms with E-state index >= 15 is 0 Å². The van der Waals surface area contributed by atoms with Crippen LogP contribution in [0.2, 0.25) is 5.02 Å². The zero-order valence-corrected chi connectivity index (χ0v) is 19.7. The second kappa shape index (κ2) is 8.96. The number of benzene rings is 3. The number of aliphatic hydroxyl groups is 1. The van der Waals surface area contributed by atoms with Crippen molar-refractivity contribution in [1.82, 2.24) is 4.72 Å². The van der Waals surface area contributed by atoms with E-state index in [1.165, 1.54) is 29.5 Å². The zero-order chi connectivity index (χ0) is 23.0. The molecule has 0 saturated carbocycles. The van der Waals surface area contributed by atoms with Crippen molar-refractivity contribution in [2.45, 2.75) is 17.0 Å². The third kappa shape index (κ3) is 4.58. The molecule has 0 radical (unpaired) electrons. The van der Waals surface area contributed by atoms with Gasteiger partial charge in [0, 0.05) is 20.7 Å². The smallest absolute Gasteiger partial charge is 0.241 e. The van der Waals surface area contributed by atoms with E-state index in [0.29, 0.717) is 16.3 Å². The fourth-order valence-electron chi connectivity index (χ4n) is 3.66. The topological polar surface area (TPSA) is 84.9 Å². The standard InChI is InChI=1S/C24H20ClNO5S2/c25-19-7-3-2-6-18(19)24(23-11-15-5-1-4-8-22(15)32-23)26-33(28,29)17-9-10-20-21(12-17)31-14-16(27)13-30-20/h1-12,16,24,26-27H,13-14H2/t16-,24-/m1/s1. The second-order valence-electron chi connectivity index (χ2n) is 7.65. The van der Waals surface area contributed by atoms with Crippen LogP contribution in [-0.4, -0.2) is 32.8 Å². The molecule has 3 aromatic carbocycles. The number of halogens is 1. The summed E-state index contributed by atoms with van der Waals surface area (Å²) in [5.41, 5.74) is 0.659. The van der Waals surface area contributed by atoms with E-state index in [4.69, 9.17) is 21.1 Å². The molecule has 0 aliphatic carbocycles. The van der Waals surface area contributed by atoms with E-state index < -0.39 is 22.2 Å². The normalized spacial score (nSPS) is 17.0. The van der Waals surface area contributed by atoms with Gasteiger partial charge in [-0.15, -0.1) is 11.3 Å². The van der Waals surface area contributed by atoms with Crippen LogP contribution < -0.4 is 14.2 Å². The minimum Gasteiger partial charge on any atom is -0.487 e. The Balaban J connectivity index is 1.55. The highest BCUT2D eigenvalue weighted by atomic mass is 35.5. The van der Waals surface area contributed by atoms with Crippen LogP contribution in [0.15, 0.2) is 77.7 Å². The lowest BCUT2D eigenvalue weighted by atomic mass is 10.1. The van der Waals surface area contributed by atoms with Crippen LogP contribution in [0, 0.1) is 0 Å². The maximum atomic E-state index is 13.5. The van der Waals surface area contributed by atoms with Gasteiger partial charge in [-0.2, -0.15) is 4.72 Å². The number of aliphatic hydroxyl groups excluding tert-OH is 1. The molecule has 170 valence electrons. The van der Waals surface area contributed by atoms with Crippen LogP contribution in [0.4, 0.5) is 0 Å². The first-order valence-corrected chi connectivity index (χ1v) is 12.9. The Morgan fingerprint density at radius 2 is 1.70 bits per heavy atom. The van der Waals surface area contributed by atoms with Gasteiger partial charge in [0.25, 0.3) is 0 Å². The number of hydrogen-bond acceptors (Lipinski definition) is 6. The van der Waals surface area contributed by atoms with Crippen LogP contribution in [-0.2, 0) is 10.0 Å². The van der Waals surface area contributed by atoms with Gasteiger partial charge >= 0.3 is 0 Å². The minimum absolute atomic E-state index is 0.0218. The first-order chi connectivity index (χ1) is 15.9.